The van der Waals surface area contributed by atoms with Gasteiger partial charge in [-0.25, -0.2) is 4.79 Å². The van der Waals surface area contributed by atoms with Crippen molar-refractivity contribution >= 4 is 5.97 Å². The van der Waals surface area contributed by atoms with E-state index in [0.29, 0.717) is 12.8 Å². The highest BCUT2D eigenvalue weighted by Gasteiger charge is 2.25. The quantitative estimate of drug-likeness (QED) is 0.612. The van der Waals surface area contributed by atoms with Crippen LogP contribution >= 0.6 is 0 Å². The first-order chi connectivity index (χ1) is 5.99. The van der Waals surface area contributed by atoms with Gasteiger partial charge >= 0.3 is 5.97 Å². The van der Waals surface area contributed by atoms with Crippen LogP contribution in [-0.4, -0.2) is 39.8 Å². The Bertz CT molecular complexity index is 213. The monoisotopic (exact) mass is 185 g/mol. The fraction of sp³-hybridized carbons (Fsp3) is 0.667. The van der Waals surface area contributed by atoms with Gasteiger partial charge in [-0.1, -0.05) is 0 Å². The lowest BCUT2D eigenvalue weighted by Crippen LogP contribution is -2.39. The number of hydrogen-bond acceptors (Lipinski definition) is 3. The van der Waals surface area contributed by atoms with Crippen molar-refractivity contribution in [3.8, 4) is 0 Å². The van der Waals surface area contributed by atoms with Gasteiger partial charge in [-0.3, -0.25) is 0 Å². The van der Waals surface area contributed by atoms with E-state index in [9.17, 15) is 9.90 Å². The lowest BCUT2D eigenvalue weighted by atomic mass is 9.94. The molecule has 4 heteroatoms. The van der Waals surface area contributed by atoms with Gasteiger partial charge in [0.05, 0.1) is 5.60 Å². The highest BCUT2D eigenvalue weighted by atomic mass is 16.4. The summed E-state index contributed by atoms with van der Waals surface area (Å²) < 4.78 is 0. The number of likely N-dealkylation sites (tertiary alicyclic amines) is 1. The standard InChI is InChI=1S/C9H15NO3/c1-9(13)3-6-10(7-4-9)5-2-8(11)12/h2,5,13H,3-4,6-7H2,1H3,(H,11,12)/b5-2+. The number of hydrogen-bond donors (Lipinski definition) is 2. The van der Waals surface area contributed by atoms with Gasteiger partial charge in [-0.2, -0.15) is 0 Å². The molecule has 1 aliphatic heterocycles. The molecule has 0 spiro atoms. The van der Waals surface area contributed by atoms with Gasteiger partial charge in [0.2, 0.25) is 0 Å². The maximum atomic E-state index is 10.2. The summed E-state index contributed by atoms with van der Waals surface area (Å²) >= 11 is 0. The lowest BCUT2D eigenvalue weighted by molar-refractivity contribution is -0.131. The van der Waals surface area contributed by atoms with Gasteiger partial charge in [0.1, 0.15) is 0 Å². The summed E-state index contributed by atoms with van der Waals surface area (Å²) in [5, 5.41) is 18.0. The van der Waals surface area contributed by atoms with Crippen molar-refractivity contribution in [2.24, 2.45) is 0 Å². The third-order valence-corrected chi connectivity index (χ3v) is 2.30. The molecular formula is C9H15NO3. The van der Waals surface area contributed by atoms with Crippen LogP contribution in [0.15, 0.2) is 12.3 Å². The molecule has 0 aromatic carbocycles. The minimum absolute atomic E-state index is 0.576. The Balaban J connectivity index is 2.37. The van der Waals surface area contributed by atoms with E-state index in [1.54, 1.807) is 6.20 Å². The number of carboxylic acid groups (broad SMARTS) is 1. The van der Waals surface area contributed by atoms with Crippen molar-refractivity contribution in [3.63, 3.8) is 0 Å². The highest BCUT2D eigenvalue weighted by Crippen LogP contribution is 2.20. The number of rotatable bonds is 2. The van der Waals surface area contributed by atoms with Crippen LogP contribution in [0.3, 0.4) is 0 Å². The Morgan fingerprint density at radius 1 is 1.46 bits per heavy atom. The van der Waals surface area contributed by atoms with Gasteiger partial charge in [-0.15, -0.1) is 0 Å². The maximum absolute atomic E-state index is 10.2. The summed E-state index contributed by atoms with van der Waals surface area (Å²) in [6, 6.07) is 0. The molecule has 1 heterocycles. The van der Waals surface area contributed by atoms with Crippen molar-refractivity contribution < 1.29 is 15.0 Å². The zero-order valence-electron chi connectivity index (χ0n) is 7.73. The van der Waals surface area contributed by atoms with E-state index >= 15 is 0 Å². The summed E-state index contributed by atoms with van der Waals surface area (Å²) in [5.74, 6) is -0.933. The van der Waals surface area contributed by atoms with Gasteiger partial charge < -0.3 is 15.1 Å². The van der Waals surface area contributed by atoms with Crippen LogP contribution in [0, 0.1) is 0 Å². The smallest absolute Gasteiger partial charge is 0.329 e. The van der Waals surface area contributed by atoms with Gasteiger partial charge in [0.15, 0.2) is 0 Å². The number of nitrogens with zero attached hydrogens (tertiary/aromatic N) is 1. The average molecular weight is 185 g/mol. The number of aliphatic carboxylic acids is 1. The Hall–Kier alpha value is -1.03. The average Bonchev–Trinajstić information content (AvgIpc) is 2.02. The molecule has 0 unspecified atom stereocenters. The predicted molar refractivity (Wildman–Crippen MR) is 48.2 cm³/mol. The van der Waals surface area contributed by atoms with Crippen molar-refractivity contribution in [1.29, 1.82) is 0 Å². The van der Waals surface area contributed by atoms with Crippen LogP contribution < -0.4 is 0 Å². The third kappa shape index (κ3) is 3.46. The van der Waals surface area contributed by atoms with E-state index in [1.165, 1.54) is 0 Å². The molecule has 1 rings (SSSR count). The Morgan fingerprint density at radius 2 is 2.00 bits per heavy atom. The Kier molecular flexibility index (Phi) is 2.93. The first-order valence-electron chi connectivity index (χ1n) is 4.37. The maximum Gasteiger partial charge on any atom is 0.329 e. The minimum Gasteiger partial charge on any atom is -0.478 e. The number of carboxylic acids is 1. The summed E-state index contributed by atoms with van der Waals surface area (Å²) in [7, 11) is 0. The third-order valence-electron chi connectivity index (χ3n) is 2.30. The SMILES string of the molecule is CC1(O)CCN(/C=C/C(=O)O)CC1. The Labute approximate surface area is 77.5 Å². The molecule has 74 valence electrons. The number of piperidine rings is 1. The molecule has 0 bridgehead atoms. The fourth-order valence-electron chi connectivity index (χ4n) is 1.32. The van der Waals surface area contributed by atoms with E-state index in [2.05, 4.69) is 0 Å². The molecule has 0 aliphatic carbocycles. The molecular weight excluding hydrogens is 170 g/mol. The van der Waals surface area contributed by atoms with Crippen LogP contribution in [0.25, 0.3) is 0 Å². The van der Waals surface area contributed by atoms with Crippen molar-refractivity contribution in [3.05, 3.63) is 12.3 Å². The molecule has 1 saturated heterocycles. The topological polar surface area (TPSA) is 60.8 Å². The van der Waals surface area contributed by atoms with E-state index < -0.39 is 11.6 Å². The van der Waals surface area contributed by atoms with Crippen LogP contribution in [0.5, 0.6) is 0 Å². The zero-order valence-corrected chi connectivity index (χ0v) is 7.73. The predicted octanol–water partition coefficient (Wildman–Crippen LogP) is 0.431. The van der Waals surface area contributed by atoms with E-state index in [1.807, 2.05) is 11.8 Å². The second kappa shape index (κ2) is 3.79. The first-order valence-corrected chi connectivity index (χ1v) is 4.37. The molecule has 0 aromatic rings. The van der Waals surface area contributed by atoms with Crippen LogP contribution in [0.2, 0.25) is 0 Å². The lowest BCUT2D eigenvalue weighted by Gasteiger charge is -2.34. The molecule has 0 radical (unpaired) electrons. The molecule has 2 N–H and O–H groups in total. The summed E-state index contributed by atoms with van der Waals surface area (Å²) in [4.78, 5) is 12.1. The second-order valence-corrected chi connectivity index (χ2v) is 3.69. The van der Waals surface area contributed by atoms with E-state index in [0.717, 1.165) is 19.2 Å². The molecule has 0 saturated carbocycles. The molecule has 13 heavy (non-hydrogen) atoms. The second-order valence-electron chi connectivity index (χ2n) is 3.69. The van der Waals surface area contributed by atoms with Gasteiger partial charge in [0.25, 0.3) is 0 Å². The van der Waals surface area contributed by atoms with Crippen molar-refractivity contribution in [2.75, 3.05) is 13.1 Å². The molecule has 4 nitrogen and oxygen atoms in total. The summed E-state index contributed by atoms with van der Waals surface area (Å²) in [5.41, 5.74) is -0.576. The molecule has 1 fully saturated rings. The zero-order chi connectivity index (χ0) is 9.90. The van der Waals surface area contributed by atoms with Crippen LogP contribution in [0.4, 0.5) is 0 Å². The van der Waals surface area contributed by atoms with Gasteiger partial charge in [0, 0.05) is 25.4 Å². The molecule has 0 atom stereocenters. The normalized spacial score (nSPS) is 22.2. The van der Waals surface area contributed by atoms with Crippen molar-refractivity contribution in [2.45, 2.75) is 25.4 Å². The highest BCUT2D eigenvalue weighted by molar-refractivity contribution is 5.79. The van der Waals surface area contributed by atoms with Crippen molar-refractivity contribution in [1.82, 2.24) is 4.90 Å². The summed E-state index contributed by atoms with van der Waals surface area (Å²) in [6.07, 6.45) is 4.07. The Morgan fingerprint density at radius 3 is 2.46 bits per heavy atom. The summed E-state index contributed by atoms with van der Waals surface area (Å²) in [6.45, 7) is 3.25. The van der Waals surface area contributed by atoms with E-state index in [4.69, 9.17) is 5.11 Å². The largest absolute Gasteiger partial charge is 0.478 e. The van der Waals surface area contributed by atoms with Crippen LogP contribution in [-0.2, 0) is 4.79 Å². The van der Waals surface area contributed by atoms with Crippen LogP contribution in [0.1, 0.15) is 19.8 Å². The minimum atomic E-state index is -0.933. The van der Waals surface area contributed by atoms with E-state index in [-0.39, 0.29) is 0 Å². The molecule has 0 amide bonds. The van der Waals surface area contributed by atoms with Gasteiger partial charge in [-0.05, 0) is 19.8 Å². The molecule has 1 aliphatic rings. The fourth-order valence-corrected chi connectivity index (χ4v) is 1.32. The molecule has 0 aromatic heterocycles. The number of aliphatic hydroxyl groups is 1. The number of carbonyl (C=O) groups is 1. The first kappa shape index (κ1) is 10.1.